The molecule has 0 amide bonds. The third-order valence-electron chi connectivity index (χ3n) is 2.95. The van der Waals surface area contributed by atoms with E-state index in [-0.39, 0.29) is 22.6 Å². The number of halogens is 5. The van der Waals surface area contributed by atoms with Crippen LogP contribution >= 0.6 is 0 Å². The van der Waals surface area contributed by atoms with Crippen LogP contribution < -0.4 is 9.47 Å². The Labute approximate surface area is 123 Å². The van der Waals surface area contributed by atoms with E-state index in [4.69, 9.17) is 4.74 Å². The van der Waals surface area contributed by atoms with Gasteiger partial charge in [0.05, 0.1) is 12.7 Å². The quantitative estimate of drug-likeness (QED) is 0.719. The minimum atomic E-state index is -3.02. The molecule has 0 spiro atoms. The van der Waals surface area contributed by atoms with Crippen LogP contribution in [-0.4, -0.2) is 13.7 Å². The van der Waals surface area contributed by atoms with Gasteiger partial charge in [0.2, 0.25) is 0 Å². The highest BCUT2D eigenvalue weighted by Gasteiger charge is 2.19. The van der Waals surface area contributed by atoms with E-state index in [0.717, 1.165) is 12.1 Å². The maximum atomic E-state index is 14.1. The summed E-state index contributed by atoms with van der Waals surface area (Å²) >= 11 is 0. The van der Waals surface area contributed by atoms with E-state index in [9.17, 15) is 22.0 Å². The van der Waals surface area contributed by atoms with Crippen LogP contribution in [0.1, 0.15) is 12.0 Å². The number of rotatable bonds is 5. The molecule has 118 valence electrons. The van der Waals surface area contributed by atoms with Gasteiger partial charge in [-0.25, -0.2) is 13.2 Å². The van der Waals surface area contributed by atoms with Gasteiger partial charge in [-0.1, -0.05) is 18.2 Å². The summed E-state index contributed by atoms with van der Waals surface area (Å²) in [5.74, 6) is -1.23. The molecular weight excluding hydrogens is 307 g/mol. The number of benzene rings is 2. The van der Waals surface area contributed by atoms with Gasteiger partial charge in [-0.3, -0.25) is 0 Å². The average Bonchev–Trinajstić information content (AvgIpc) is 2.46. The average molecular weight is 318 g/mol. The fourth-order valence-corrected chi connectivity index (χ4v) is 2.00. The van der Waals surface area contributed by atoms with Crippen molar-refractivity contribution in [3.05, 3.63) is 47.8 Å². The van der Waals surface area contributed by atoms with Crippen molar-refractivity contribution in [3.8, 4) is 22.6 Å². The number of methoxy groups -OCH3 is 1. The van der Waals surface area contributed by atoms with Crippen molar-refractivity contribution in [2.24, 2.45) is 0 Å². The molecule has 0 fully saturated rings. The van der Waals surface area contributed by atoms with Crippen LogP contribution in [-0.2, 0) is 0 Å². The molecule has 0 saturated carbocycles. The summed E-state index contributed by atoms with van der Waals surface area (Å²) in [4.78, 5) is 0. The standard InChI is InChI=1S/C15H11F5O2/c1-21-12-7-8(22-15(19)20)5-6-9(12)10-3-2-4-11(13(10)16)14(17)18/h2-7,14-15H,1H3. The van der Waals surface area contributed by atoms with Crippen LogP contribution in [0.25, 0.3) is 11.1 Å². The normalized spacial score (nSPS) is 11.1. The molecule has 2 nitrogen and oxygen atoms in total. The molecule has 0 saturated heterocycles. The van der Waals surface area contributed by atoms with E-state index in [0.29, 0.717) is 0 Å². The Balaban J connectivity index is 2.51. The fraction of sp³-hybridized carbons (Fsp3) is 0.200. The summed E-state index contributed by atoms with van der Waals surface area (Å²) in [5, 5.41) is 0. The number of ether oxygens (including phenoxy) is 2. The second kappa shape index (κ2) is 6.64. The van der Waals surface area contributed by atoms with E-state index in [1.807, 2.05) is 0 Å². The Morgan fingerprint density at radius 3 is 2.27 bits per heavy atom. The van der Waals surface area contributed by atoms with Crippen LogP contribution in [0.4, 0.5) is 22.0 Å². The predicted molar refractivity (Wildman–Crippen MR) is 70.0 cm³/mol. The summed E-state index contributed by atoms with van der Waals surface area (Å²) in [6.07, 6.45) is -2.97. The van der Waals surface area contributed by atoms with E-state index >= 15 is 0 Å². The number of hydrogen-bond acceptors (Lipinski definition) is 2. The molecule has 0 atom stereocenters. The Morgan fingerprint density at radius 1 is 0.955 bits per heavy atom. The molecule has 0 aromatic heterocycles. The third-order valence-corrected chi connectivity index (χ3v) is 2.95. The molecule has 22 heavy (non-hydrogen) atoms. The van der Waals surface area contributed by atoms with Gasteiger partial charge in [-0.05, 0) is 12.1 Å². The topological polar surface area (TPSA) is 18.5 Å². The monoisotopic (exact) mass is 318 g/mol. The van der Waals surface area contributed by atoms with Crippen molar-refractivity contribution in [2.75, 3.05) is 7.11 Å². The largest absolute Gasteiger partial charge is 0.496 e. The van der Waals surface area contributed by atoms with E-state index < -0.39 is 24.4 Å². The maximum absolute atomic E-state index is 14.1. The Hall–Kier alpha value is -2.31. The van der Waals surface area contributed by atoms with Crippen molar-refractivity contribution in [3.63, 3.8) is 0 Å². The molecule has 2 rings (SSSR count). The summed E-state index contributed by atoms with van der Waals surface area (Å²) in [7, 11) is 1.25. The minimum absolute atomic E-state index is 0.0310. The summed E-state index contributed by atoms with van der Waals surface area (Å²) in [5.41, 5.74) is -0.699. The molecule has 0 N–H and O–H groups in total. The predicted octanol–water partition coefficient (Wildman–Crippen LogP) is 5.04. The van der Waals surface area contributed by atoms with Gasteiger partial charge in [0, 0.05) is 17.2 Å². The van der Waals surface area contributed by atoms with Gasteiger partial charge < -0.3 is 9.47 Å². The second-order valence-electron chi connectivity index (χ2n) is 4.25. The summed E-state index contributed by atoms with van der Waals surface area (Å²) in [6, 6.07) is 7.14. The number of alkyl halides is 4. The minimum Gasteiger partial charge on any atom is -0.496 e. The summed E-state index contributed by atoms with van der Waals surface area (Å²) < 4.78 is 73.2. The first kappa shape index (κ1) is 16.1. The van der Waals surface area contributed by atoms with Crippen molar-refractivity contribution >= 4 is 0 Å². The lowest BCUT2D eigenvalue weighted by Crippen LogP contribution is -2.02. The first-order valence-corrected chi connectivity index (χ1v) is 6.13. The Morgan fingerprint density at radius 2 is 1.68 bits per heavy atom. The van der Waals surface area contributed by atoms with Crippen LogP contribution in [0.5, 0.6) is 11.5 Å². The molecule has 0 aliphatic carbocycles. The summed E-state index contributed by atoms with van der Waals surface area (Å²) in [6.45, 7) is -3.02. The molecule has 0 unspecified atom stereocenters. The molecule has 0 radical (unpaired) electrons. The lowest BCUT2D eigenvalue weighted by Gasteiger charge is -2.13. The molecule has 2 aromatic carbocycles. The van der Waals surface area contributed by atoms with Gasteiger partial charge in [-0.15, -0.1) is 0 Å². The smallest absolute Gasteiger partial charge is 0.387 e. The lowest BCUT2D eigenvalue weighted by atomic mass is 10.0. The maximum Gasteiger partial charge on any atom is 0.387 e. The van der Waals surface area contributed by atoms with Gasteiger partial charge in [-0.2, -0.15) is 8.78 Å². The highest BCUT2D eigenvalue weighted by atomic mass is 19.3. The molecule has 0 bridgehead atoms. The van der Waals surface area contributed by atoms with Crippen LogP contribution in [0, 0.1) is 5.82 Å². The van der Waals surface area contributed by atoms with E-state index in [1.54, 1.807) is 0 Å². The van der Waals surface area contributed by atoms with Gasteiger partial charge in [0.25, 0.3) is 6.43 Å². The first-order chi connectivity index (χ1) is 10.4. The Kier molecular flexibility index (Phi) is 4.85. The molecule has 7 heteroatoms. The van der Waals surface area contributed by atoms with Crippen LogP contribution in [0.2, 0.25) is 0 Å². The van der Waals surface area contributed by atoms with Crippen LogP contribution in [0.3, 0.4) is 0 Å². The van der Waals surface area contributed by atoms with E-state index in [2.05, 4.69) is 4.74 Å². The lowest BCUT2D eigenvalue weighted by molar-refractivity contribution is -0.0499. The van der Waals surface area contributed by atoms with E-state index in [1.165, 1.54) is 31.4 Å². The zero-order chi connectivity index (χ0) is 16.3. The third kappa shape index (κ3) is 3.29. The fourth-order valence-electron chi connectivity index (χ4n) is 2.00. The van der Waals surface area contributed by atoms with Gasteiger partial charge >= 0.3 is 6.61 Å². The molecule has 0 aliphatic rings. The van der Waals surface area contributed by atoms with Gasteiger partial charge in [0.1, 0.15) is 17.3 Å². The second-order valence-corrected chi connectivity index (χ2v) is 4.25. The molecule has 0 aliphatic heterocycles. The first-order valence-electron chi connectivity index (χ1n) is 6.13. The molecule has 2 aromatic rings. The molecule has 0 heterocycles. The highest BCUT2D eigenvalue weighted by molar-refractivity contribution is 5.72. The highest BCUT2D eigenvalue weighted by Crippen LogP contribution is 2.37. The molecular formula is C15H11F5O2. The Bertz CT molecular complexity index is 658. The van der Waals surface area contributed by atoms with Crippen molar-refractivity contribution in [2.45, 2.75) is 13.0 Å². The van der Waals surface area contributed by atoms with Crippen LogP contribution in [0.15, 0.2) is 36.4 Å². The SMILES string of the molecule is COc1cc(OC(F)F)ccc1-c1cccc(C(F)F)c1F. The number of hydrogen-bond donors (Lipinski definition) is 0. The van der Waals surface area contributed by atoms with Crippen molar-refractivity contribution in [1.29, 1.82) is 0 Å². The van der Waals surface area contributed by atoms with Gasteiger partial charge in [0.15, 0.2) is 0 Å². The van der Waals surface area contributed by atoms with Crippen molar-refractivity contribution in [1.82, 2.24) is 0 Å². The van der Waals surface area contributed by atoms with Crippen molar-refractivity contribution < 1.29 is 31.4 Å². The zero-order valence-corrected chi connectivity index (χ0v) is 11.3. The zero-order valence-electron chi connectivity index (χ0n) is 11.3.